The SMILES string of the molecule is Bc1c(B)c(B)c2c(B)c3c(c(B)c2c1B)C(=O)c1cc(Br)ccc1-3. The number of hydrogen-bond donors (Lipinski definition) is 0. The van der Waals surface area contributed by atoms with Gasteiger partial charge in [0.25, 0.3) is 0 Å². The molecule has 0 saturated carbocycles. The Hall–Kier alpha value is -1.54. The predicted molar refractivity (Wildman–Crippen MR) is 130 cm³/mol. The van der Waals surface area contributed by atoms with E-state index in [2.05, 4.69) is 69.1 Å². The van der Waals surface area contributed by atoms with E-state index in [1.807, 2.05) is 12.1 Å². The van der Waals surface area contributed by atoms with Crippen LogP contribution in [0.2, 0.25) is 0 Å². The van der Waals surface area contributed by atoms with Crippen molar-refractivity contribution < 1.29 is 4.79 Å². The van der Waals surface area contributed by atoms with Crippen LogP contribution in [0.4, 0.5) is 0 Å². The highest BCUT2D eigenvalue weighted by Gasteiger charge is 2.32. The highest BCUT2D eigenvalue weighted by Crippen LogP contribution is 2.36. The number of halogens is 1. The van der Waals surface area contributed by atoms with Crippen LogP contribution in [0.3, 0.4) is 0 Å². The first-order valence-electron chi connectivity index (χ1n) is 8.63. The van der Waals surface area contributed by atoms with Gasteiger partial charge in [0.15, 0.2) is 5.78 Å². The average molecular weight is 380 g/mol. The molecule has 0 amide bonds. The molecular formula is C17H15B6BrO. The van der Waals surface area contributed by atoms with Crippen LogP contribution in [0.1, 0.15) is 15.9 Å². The van der Waals surface area contributed by atoms with E-state index >= 15 is 0 Å². The lowest BCUT2D eigenvalue weighted by atomic mass is 9.60. The molecule has 4 rings (SSSR count). The second-order valence-electron chi connectivity index (χ2n) is 7.27. The van der Waals surface area contributed by atoms with Crippen LogP contribution in [0.15, 0.2) is 22.7 Å². The Kier molecular flexibility index (Phi) is 3.70. The maximum Gasteiger partial charge on any atom is 0.193 e. The lowest BCUT2D eigenvalue weighted by Gasteiger charge is -2.22. The number of hydrogen-bond acceptors (Lipinski definition) is 1. The Morgan fingerprint density at radius 3 is 1.72 bits per heavy atom. The minimum absolute atomic E-state index is 0.157. The lowest BCUT2D eigenvalue weighted by molar-refractivity contribution is 0.104. The van der Waals surface area contributed by atoms with Crippen LogP contribution in [0.5, 0.6) is 0 Å². The molecule has 1 aliphatic carbocycles. The van der Waals surface area contributed by atoms with Crippen molar-refractivity contribution in [1.82, 2.24) is 0 Å². The van der Waals surface area contributed by atoms with E-state index in [0.29, 0.717) is 0 Å². The Balaban J connectivity index is 2.28. The van der Waals surface area contributed by atoms with Crippen LogP contribution in [-0.4, -0.2) is 52.9 Å². The summed E-state index contributed by atoms with van der Waals surface area (Å²) in [5.41, 5.74) is 11.6. The third-order valence-corrected chi connectivity index (χ3v) is 6.65. The predicted octanol–water partition coefficient (Wildman–Crippen LogP) is -5.64. The Morgan fingerprint density at radius 2 is 1.16 bits per heavy atom. The standard InChI is InChI=1S/C17H15B6BrO/c18-11-7-5-2-1-4(24)3-6(5)17(25)10(7)12(19)9-8(11)13(20)15(22)16(23)14(9)21/h1-3H,18-23H2. The molecule has 0 spiro atoms. The molecule has 0 unspecified atom stereocenters. The molecule has 3 aromatic rings. The lowest BCUT2D eigenvalue weighted by Crippen LogP contribution is -2.50. The molecule has 114 valence electrons. The van der Waals surface area contributed by atoms with Gasteiger partial charge in [0.2, 0.25) is 0 Å². The van der Waals surface area contributed by atoms with Gasteiger partial charge in [-0.05, 0) is 34.0 Å². The van der Waals surface area contributed by atoms with Crippen molar-refractivity contribution in [1.29, 1.82) is 0 Å². The summed E-state index contributed by atoms with van der Waals surface area (Å²) in [5, 5.41) is 2.58. The van der Waals surface area contributed by atoms with Crippen molar-refractivity contribution in [3.63, 3.8) is 0 Å². The van der Waals surface area contributed by atoms with E-state index in [9.17, 15) is 4.79 Å². The first-order valence-corrected chi connectivity index (χ1v) is 9.42. The van der Waals surface area contributed by atoms with Crippen molar-refractivity contribution >= 4 is 112 Å². The van der Waals surface area contributed by atoms with Crippen LogP contribution in [0.25, 0.3) is 21.9 Å². The maximum absolute atomic E-state index is 13.2. The Labute approximate surface area is 161 Å². The van der Waals surface area contributed by atoms with Gasteiger partial charge in [-0.1, -0.05) is 43.8 Å². The zero-order valence-electron chi connectivity index (χ0n) is 15.5. The van der Waals surface area contributed by atoms with Crippen molar-refractivity contribution in [2.75, 3.05) is 0 Å². The van der Waals surface area contributed by atoms with E-state index in [1.54, 1.807) is 0 Å². The molecule has 25 heavy (non-hydrogen) atoms. The molecular weight excluding hydrogens is 365 g/mol. The zero-order valence-corrected chi connectivity index (χ0v) is 17.1. The second kappa shape index (κ2) is 5.48. The van der Waals surface area contributed by atoms with Crippen LogP contribution < -0.4 is 32.8 Å². The van der Waals surface area contributed by atoms with E-state index < -0.39 is 0 Å². The first-order chi connectivity index (χ1) is 11.8. The summed E-state index contributed by atoms with van der Waals surface area (Å²) in [5.74, 6) is 0.157. The number of carbonyl (C=O) groups is 1. The first kappa shape index (κ1) is 16.9. The quantitative estimate of drug-likeness (QED) is 0.278. The van der Waals surface area contributed by atoms with E-state index in [4.69, 9.17) is 0 Å². The van der Waals surface area contributed by atoms with Crippen molar-refractivity contribution in [2.45, 2.75) is 0 Å². The highest BCUT2D eigenvalue weighted by atomic mass is 79.9. The molecule has 0 saturated heterocycles. The number of fused-ring (bicyclic) bond motifs is 4. The topological polar surface area (TPSA) is 17.1 Å². The number of carbonyl (C=O) groups excluding carboxylic acids is 1. The molecule has 8 heteroatoms. The van der Waals surface area contributed by atoms with Gasteiger partial charge in [0.05, 0.1) is 0 Å². The fourth-order valence-corrected chi connectivity index (χ4v) is 4.91. The van der Waals surface area contributed by atoms with Gasteiger partial charge in [-0.3, -0.25) is 4.79 Å². The molecule has 0 bridgehead atoms. The van der Waals surface area contributed by atoms with Crippen LogP contribution in [-0.2, 0) is 0 Å². The van der Waals surface area contributed by atoms with E-state index in [0.717, 1.165) is 32.2 Å². The van der Waals surface area contributed by atoms with Crippen molar-refractivity contribution in [2.24, 2.45) is 0 Å². The molecule has 0 aromatic heterocycles. The number of rotatable bonds is 0. The Morgan fingerprint density at radius 1 is 0.640 bits per heavy atom. The molecule has 0 radical (unpaired) electrons. The summed E-state index contributed by atoms with van der Waals surface area (Å²) in [6, 6.07) is 6.06. The largest absolute Gasteiger partial charge is 0.289 e. The van der Waals surface area contributed by atoms with Crippen molar-refractivity contribution in [3.8, 4) is 11.1 Å². The molecule has 0 aliphatic heterocycles. The molecule has 0 fully saturated rings. The summed E-state index contributed by atoms with van der Waals surface area (Å²) in [6.45, 7) is 0. The molecule has 0 N–H and O–H groups in total. The van der Waals surface area contributed by atoms with Crippen LogP contribution >= 0.6 is 15.9 Å². The van der Waals surface area contributed by atoms with E-state index in [1.165, 1.54) is 38.1 Å². The minimum atomic E-state index is 0.157. The van der Waals surface area contributed by atoms with E-state index in [-0.39, 0.29) is 5.78 Å². The van der Waals surface area contributed by atoms with Crippen molar-refractivity contribution in [3.05, 3.63) is 33.8 Å². The normalized spacial score (nSPS) is 12.4. The monoisotopic (exact) mass is 380 g/mol. The third kappa shape index (κ3) is 2.07. The number of benzene rings is 3. The second-order valence-corrected chi connectivity index (χ2v) is 8.18. The highest BCUT2D eigenvalue weighted by molar-refractivity contribution is 9.10. The molecule has 0 atom stereocenters. The van der Waals surface area contributed by atoms with Gasteiger partial charge in [0, 0.05) is 15.6 Å². The molecule has 0 heterocycles. The summed E-state index contributed by atoms with van der Waals surface area (Å²) >= 11 is 3.51. The van der Waals surface area contributed by atoms with Crippen LogP contribution in [0, 0.1) is 0 Å². The van der Waals surface area contributed by atoms with Gasteiger partial charge >= 0.3 is 0 Å². The summed E-state index contributed by atoms with van der Waals surface area (Å²) in [6.07, 6.45) is 0. The summed E-state index contributed by atoms with van der Waals surface area (Å²) in [7, 11) is 13.1. The third-order valence-electron chi connectivity index (χ3n) is 6.16. The molecule has 1 nitrogen and oxygen atoms in total. The Bertz CT molecular complexity index is 1140. The fourth-order valence-electron chi connectivity index (χ4n) is 4.55. The number of ketones is 1. The average Bonchev–Trinajstić information content (AvgIpc) is 2.87. The zero-order chi connectivity index (χ0) is 18.2. The fraction of sp³-hybridized carbons (Fsp3) is 0. The van der Waals surface area contributed by atoms with Gasteiger partial charge < -0.3 is 0 Å². The summed E-state index contributed by atoms with van der Waals surface area (Å²) < 4.78 is 0.950. The van der Waals surface area contributed by atoms with Gasteiger partial charge in [-0.2, -0.15) is 0 Å². The smallest absolute Gasteiger partial charge is 0.193 e. The van der Waals surface area contributed by atoms with Gasteiger partial charge in [0.1, 0.15) is 47.1 Å². The minimum Gasteiger partial charge on any atom is -0.289 e. The van der Waals surface area contributed by atoms with Gasteiger partial charge in [-0.25, -0.2) is 0 Å². The van der Waals surface area contributed by atoms with Gasteiger partial charge in [-0.15, -0.1) is 10.9 Å². The molecule has 3 aromatic carbocycles. The molecule has 1 aliphatic rings. The maximum atomic E-state index is 13.2. The summed E-state index contributed by atoms with van der Waals surface area (Å²) in [4.78, 5) is 13.2.